The number of carbonyl (C=O) groups excluding carboxylic acids is 4. The van der Waals surface area contributed by atoms with Crippen LogP contribution < -0.4 is 15.4 Å². The highest BCUT2D eigenvalue weighted by Gasteiger charge is 2.40. The number of ether oxygens (including phenoxy) is 2. The molecular formula is C57H60FN7O10. The minimum absolute atomic E-state index is 0.127. The van der Waals surface area contributed by atoms with Crippen molar-refractivity contribution < 1.29 is 53.2 Å². The van der Waals surface area contributed by atoms with Crippen molar-refractivity contribution in [1.82, 2.24) is 29.8 Å². The zero-order valence-corrected chi connectivity index (χ0v) is 41.8. The quantitative estimate of drug-likeness (QED) is 0.0245. The Morgan fingerprint density at radius 1 is 0.920 bits per heavy atom. The number of imide groups is 1. The number of halogens is 1. The molecule has 0 bridgehead atoms. The summed E-state index contributed by atoms with van der Waals surface area (Å²) < 4.78 is 30.3. The Morgan fingerprint density at radius 3 is 2.47 bits per heavy atom. The first kappa shape index (κ1) is 53.3. The minimum Gasteiger partial charge on any atom is -0.494 e. The molecule has 0 saturated carbocycles. The highest BCUT2D eigenvalue weighted by atomic mass is 19.1. The lowest BCUT2D eigenvalue weighted by Crippen LogP contribution is -2.52. The lowest BCUT2D eigenvalue weighted by molar-refractivity contribution is -0.140. The van der Waals surface area contributed by atoms with Gasteiger partial charge < -0.3 is 39.6 Å². The highest BCUT2D eigenvalue weighted by molar-refractivity contribution is 6.12. The van der Waals surface area contributed by atoms with Gasteiger partial charge in [0, 0.05) is 66.9 Å². The van der Waals surface area contributed by atoms with E-state index >= 15 is 0 Å². The number of carboxylic acid groups (broad SMARTS) is 1. The molecule has 75 heavy (non-hydrogen) atoms. The second-order valence-electron chi connectivity index (χ2n) is 18.9. The van der Waals surface area contributed by atoms with Gasteiger partial charge in [-0.15, -0.1) is 5.10 Å². The third-order valence-electron chi connectivity index (χ3n) is 13.1. The molecule has 6 aromatic rings. The van der Waals surface area contributed by atoms with Crippen molar-refractivity contribution in [3.63, 3.8) is 0 Å². The predicted octanol–water partition coefficient (Wildman–Crippen LogP) is 7.14. The number of amides is 4. The maximum Gasteiger partial charge on any atom is 0.305 e. The third kappa shape index (κ3) is 13.4. The van der Waals surface area contributed by atoms with Crippen LogP contribution in [0.5, 0.6) is 5.75 Å². The summed E-state index contributed by atoms with van der Waals surface area (Å²) in [5, 5.41) is 44.6. The van der Waals surface area contributed by atoms with E-state index in [9.17, 15) is 43.7 Å². The molecule has 3 atom stereocenters. The largest absolute Gasteiger partial charge is 0.494 e. The maximum absolute atomic E-state index is 14.7. The van der Waals surface area contributed by atoms with Gasteiger partial charge in [-0.1, -0.05) is 67.3 Å². The number of nitrogens with zero attached hydrogens (tertiary/aromatic N) is 5. The molecule has 4 heterocycles. The van der Waals surface area contributed by atoms with E-state index in [1.165, 1.54) is 17.0 Å². The summed E-state index contributed by atoms with van der Waals surface area (Å²) in [5.74, 6) is 3.46. The van der Waals surface area contributed by atoms with E-state index in [1.54, 1.807) is 41.1 Å². The standard InChI is InChI=1S/C57H60FN7O10/c1-36(2)53-52(56(72)59-41-14-4-3-5-15-41)51(54(38-19-21-40(58)22-20-38)64(53)27-25-43(66)32-44(67)33-50(69)70)39-12-6-17-45(31-39)75-30-9-16-42-34-63(62-61-42)26-10-29-74-28-8-13-37-11-7-18-46-47(37)35-65(57(46)73)48-23-24-49(68)60-55(48)71/h3-7,11-12,14-15,17-22,31,34,36,43-44,48,66-67H,9-10,16,23-30,32-33,35H2,1-2H3,(H,59,72)(H,69,70)(H,60,68,71)/t43-,44-,48?/m1/s1. The second kappa shape index (κ2) is 24.8. The summed E-state index contributed by atoms with van der Waals surface area (Å²) in [6.07, 6.45) is 1.43. The van der Waals surface area contributed by atoms with Crippen LogP contribution in [0.4, 0.5) is 10.1 Å². The number of nitrogens with one attached hydrogen (secondary N) is 2. The number of aliphatic carboxylic acids is 1. The number of piperidine rings is 1. The van der Waals surface area contributed by atoms with Crippen LogP contribution in [0.15, 0.2) is 103 Å². The number of aliphatic hydroxyl groups excluding tert-OH is 2. The number of carboxylic acids is 1. The molecule has 1 unspecified atom stereocenters. The lowest BCUT2D eigenvalue weighted by Gasteiger charge is -2.29. The summed E-state index contributed by atoms with van der Waals surface area (Å²) in [6, 6.07) is 27.1. The van der Waals surface area contributed by atoms with Crippen molar-refractivity contribution in [2.45, 2.75) is 109 Å². The molecule has 0 radical (unpaired) electrons. The summed E-state index contributed by atoms with van der Waals surface area (Å²) in [5.41, 5.74) is 6.89. The summed E-state index contributed by atoms with van der Waals surface area (Å²) in [7, 11) is 0. The number of carbonyl (C=O) groups is 5. The molecule has 0 aliphatic carbocycles. The van der Waals surface area contributed by atoms with Gasteiger partial charge in [0.2, 0.25) is 11.8 Å². The first-order valence-electron chi connectivity index (χ1n) is 25.2. The number of aliphatic hydroxyl groups is 2. The fourth-order valence-corrected chi connectivity index (χ4v) is 9.63. The number of hydrogen-bond donors (Lipinski definition) is 5. The molecule has 18 heteroatoms. The minimum atomic E-state index is -1.25. The van der Waals surface area contributed by atoms with E-state index in [0.29, 0.717) is 95.2 Å². The van der Waals surface area contributed by atoms with E-state index < -0.39 is 42.4 Å². The van der Waals surface area contributed by atoms with Crippen LogP contribution in [0.3, 0.4) is 0 Å². The number of hydrogen-bond acceptors (Lipinski definition) is 11. The number of para-hydroxylation sites is 1. The molecule has 4 amide bonds. The average molecular weight is 1020 g/mol. The van der Waals surface area contributed by atoms with Crippen LogP contribution in [0.1, 0.15) is 108 Å². The van der Waals surface area contributed by atoms with E-state index in [4.69, 9.17) is 9.47 Å². The zero-order chi connectivity index (χ0) is 53.0. The fourth-order valence-electron chi connectivity index (χ4n) is 9.63. The van der Waals surface area contributed by atoms with Crippen LogP contribution in [-0.2, 0) is 45.2 Å². The van der Waals surface area contributed by atoms with Gasteiger partial charge in [-0.05, 0) is 122 Å². The van der Waals surface area contributed by atoms with Gasteiger partial charge >= 0.3 is 5.97 Å². The predicted molar refractivity (Wildman–Crippen MR) is 276 cm³/mol. The van der Waals surface area contributed by atoms with Crippen molar-refractivity contribution in [3.05, 3.63) is 143 Å². The van der Waals surface area contributed by atoms with Crippen molar-refractivity contribution >= 4 is 35.3 Å². The maximum atomic E-state index is 14.7. The Labute approximate surface area is 433 Å². The molecular weight excluding hydrogens is 962 g/mol. The first-order chi connectivity index (χ1) is 36.2. The number of fused-ring (bicyclic) bond motifs is 1. The fraction of sp³-hybridized carbons (Fsp3) is 0.351. The van der Waals surface area contributed by atoms with E-state index in [-0.39, 0.29) is 69.0 Å². The van der Waals surface area contributed by atoms with E-state index in [0.717, 1.165) is 11.3 Å². The first-order valence-corrected chi connectivity index (χ1v) is 25.2. The summed E-state index contributed by atoms with van der Waals surface area (Å²) in [6.45, 7) is 5.92. The Morgan fingerprint density at radius 2 is 1.71 bits per heavy atom. The number of aromatic nitrogens is 4. The topological polar surface area (TPSA) is 227 Å². The van der Waals surface area contributed by atoms with Crippen LogP contribution in [0, 0.1) is 17.7 Å². The van der Waals surface area contributed by atoms with E-state index in [1.807, 2.05) is 73.1 Å². The Bertz CT molecular complexity index is 3090. The van der Waals surface area contributed by atoms with Crippen LogP contribution >= 0.6 is 0 Å². The molecule has 0 spiro atoms. The van der Waals surface area contributed by atoms with Crippen molar-refractivity contribution in [1.29, 1.82) is 0 Å². The SMILES string of the molecule is CC(C)c1c(C(=O)Nc2ccccc2)c(-c2cccc(OCCCc3cn(CCCOCC#Cc4cccc5c4CN(C4CCC(=O)NC4=O)C5=O)nn3)c2)c(-c2ccc(F)cc2)n1CC[C@@H](O)C[C@@H](O)CC(=O)O. The molecule has 17 nitrogen and oxygen atoms in total. The second-order valence-corrected chi connectivity index (χ2v) is 18.9. The van der Waals surface area contributed by atoms with Gasteiger partial charge in [0.15, 0.2) is 0 Å². The van der Waals surface area contributed by atoms with Gasteiger partial charge in [0.1, 0.15) is 24.2 Å². The smallest absolute Gasteiger partial charge is 0.305 e. The molecule has 5 N–H and O–H groups in total. The van der Waals surface area contributed by atoms with Crippen molar-refractivity contribution in [2.75, 3.05) is 25.1 Å². The Hall–Kier alpha value is -7.98. The lowest BCUT2D eigenvalue weighted by atomic mass is 9.94. The van der Waals surface area contributed by atoms with Gasteiger partial charge in [0.05, 0.1) is 42.2 Å². The van der Waals surface area contributed by atoms with Crippen LogP contribution in [0.25, 0.3) is 22.4 Å². The number of aryl methyl sites for hydroxylation is 2. The highest BCUT2D eigenvalue weighted by Crippen LogP contribution is 2.44. The monoisotopic (exact) mass is 1020 g/mol. The van der Waals surface area contributed by atoms with E-state index in [2.05, 4.69) is 32.8 Å². The molecule has 4 aromatic carbocycles. The molecule has 2 aliphatic rings. The number of benzene rings is 4. The van der Waals surface area contributed by atoms with Crippen molar-refractivity contribution in [3.8, 4) is 40.0 Å². The normalized spacial score (nSPS) is 15.0. The van der Waals surface area contributed by atoms with Gasteiger partial charge in [-0.25, -0.2) is 4.39 Å². The summed E-state index contributed by atoms with van der Waals surface area (Å²) >= 11 is 0. The van der Waals surface area contributed by atoms with Crippen molar-refractivity contribution in [2.24, 2.45) is 0 Å². The Kier molecular flexibility index (Phi) is 17.7. The average Bonchev–Trinajstić information content (AvgIpc) is 4.09. The van der Waals surface area contributed by atoms with Gasteiger partial charge in [0.25, 0.3) is 11.8 Å². The molecule has 1 fully saturated rings. The molecule has 1 saturated heterocycles. The number of anilines is 1. The molecule has 2 aliphatic heterocycles. The number of rotatable bonds is 23. The Balaban J connectivity index is 0.894. The molecule has 8 rings (SSSR count). The van der Waals surface area contributed by atoms with Crippen LogP contribution in [-0.4, -0.2) is 107 Å². The molecule has 2 aromatic heterocycles. The van der Waals surface area contributed by atoms with Gasteiger partial charge in [-0.3, -0.25) is 34.0 Å². The zero-order valence-electron chi connectivity index (χ0n) is 41.8. The van der Waals surface area contributed by atoms with Gasteiger partial charge in [-0.2, -0.15) is 0 Å². The molecule has 390 valence electrons. The van der Waals surface area contributed by atoms with Crippen LogP contribution in [0.2, 0.25) is 0 Å². The summed E-state index contributed by atoms with van der Waals surface area (Å²) in [4.78, 5) is 64.6. The third-order valence-corrected chi connectivity index (χ3v) is 13.1.